The average Bonchev–Trinajstić information content (AvgIpc) is 3.15. The molecule has 0 radical (unpaired) electrons. The third-order valence-electron chi connectivity index (χ3n) is 4.00. The van der Waals surface area contributed by atoms with Gasteiger partial charge in [0.05, 0.1) is 6.26 Å². The van der Waals surface area contributed by atoms with Gasteiger partial charge < -0.3 is 14.2 Å². The second kappa shape index (κ2) is 6.83. The maximum Gasteiger partial charge on any atom is 0.295 e. The van der Waals surface area contributed by atoms with Crippen molar-refractivity contribution in [2.45, 2.75) is 0 Å². The fourth-order valence-corrected chi connectivity index (χ4v) is 2.92. The highest BCUT2D eigenvalue weighted by atomic mass is 32.1. The average molecular weight is 329 g/mol. The van der Waals surface area contributed by atoms with E-state index in [9.17, 15) is 4.79 Å². The van der Waals surface area contributed by atoms with Gasteiger partial charge in [0.1, 0.15) is 0 Å². The number of furan rings is 1. The second-order valence-electron chi connectivity index (χ2n) is 5.43. The van der Waals surface area contributed by atoms with Crippen LogP contribution in [0.15, 0.2) is 53.1 Å². The highest BCUT2D eigenvalue weighted by Crippen LogP contribution is 2.16. The predicted molar refractivity (Wildman–Crippen MR) is 93.6 cm³/mol. The zero-order chi connectivity index (χ0) is 16.2. The van der Waals surface area contributed by atoms with Gasteiger partial charge in [0.2, 0.25) is 0 Å². The van der Waals surface area contributed by atoms with E-state index in [1.807, 2.05) is 18.2 Å². The first kappa shape index (κ1) is 15.6. The lowest BCUT2D eigenvalue weighted by Crippen LogP contribution is -2.53. The maximum absolute atomic E-state index is 12.3. The molecule has 0 unspecified atom stereocenters. The van der Waals surface area contributed by atoms with Crippen molar-refractivity contribution in [2.24, 2.45) is 0 Å². The van der Waals surface area contributed by atoms with Crippen molar-refractivity contribution >= 4 is 28.9 Å². The minimum absolute atomic E-state index is 0.217. The number of rotatable bonds is 2. The molecule has 1 aromatic carbocycles. The standard InChI is InChI=1S/C17H19N3O2S/c1-18(16(21)15-8-5-13-22-15)17(23)20-11-9-19(10-12-20)14-6-3-2-4-7-14/h2-8,13H,9-12H2,1H3. The monoisotopic (exact) mass is 329 g/mol. The molecular weight excluding hydrogens is 310 g/mol. The molecular formula is C17H19N3O2S. The first-order valence-corrected chi connectivity index (χ1v) is 7.98. The van der Waals surface area contributed by atoms with Crippen LogP contribution in [0, 0.1) is 0 Å². The number of para-hydroxylation sites is 1. The molecule has 1 fully saturated rings. The molecule has 0 spiro atoms. The Labute approximate surface area is 141 Å². The van der Waals surface area contributed by atoms with Crippen LogP contribution in [-0.4, -0.2) is 54.0 Å². The molecule has 1 aliphatic heterocycles. The molecule has 1 aromatic heterocycles. The van der Waals surface area contributed by atoms with E-state index in [-0.39, 0.29) is 5.91 Å². The van der Waals surface area contributed by atoms with Gasteiger partial charge in [0.15, 0.2) is 10.9 Å². The number of thiocarbonyl (C=S) groups is 1. The second-order valence-corrected chi connectivity index (χ2v) is 5.80. The van der Waals surface area contributed by atoms with Crippen molar-refractivity contribution in [3.63, 3.8) is 0 Å². The van der Waals surface area contributed by atoms with Crippen LogP contribution in [0.5, 0.6) is 0 Å². The van der Waals surface area contributed by atoms with E-state index in [1.54, 1.807) is 19.2 Å². The highest BCUT2D eigenvalue weighted by molar-refractivity contribution is 7.80. The molecule has 0 N–H and O–H groups in total. The van der Waals surface area contributed by atoms with Crippen LogP contribution in [0.3, 0.4) is 0 Å². The third-order valence-corrected chi connectivity index (χ3v) is 4.53. The molecule has 0 atom stereocenters. The number of hydrogen-bond acceptors (Lipinski definition) is 4. The van der Waals surface area contributed by atoms with Gasteiger partial charge in [-0.05, 0) is 36.5 Å². The summed E-state index contributed by atoms with van der Waals surface area (Å²) >= 11 is 5.47. The van der Waals surface area contributed by atoms with Crippen molar-refractivity contribution in [2.75, 3.05) is 38.1 Å². The zero-order valence-corrected chi connectivity index (χ0v) is 13.8. The summed E-state index contributed by atoms with van der Waals surface area (Å²) in [4.78, 5) is 18.2. The molecule has 5 nitrogen and oxygen atoms in total. The summed E-state index contributed by atoms with van der Waals surface area (Å²) in [5.74, 6) is 0.0864. The smallest absolute Gasteiger partial charge is 0.295 e. The third kappa shape index (κ3) is 3.37. The van der Waals surface area contributed by atoms with Crippen LogP contribution in [0.1, 0.15) is 10.6 Å². The Morgan fingerprint density at radius 3 is 2.39 bits per heavy atom. The molecule has 1 amide bonds. The first-order valence-electron chi connectivity index (χ1n) is 7.57. The van der Waals surface area contributed by atoms with Crippen molar-refractivity contribution < 1.29 is 9.21 Å². The van der Waals surface area contributed by atoms with E-state index in [0.717, 1.165) is 26.2 Å². The molecule has 3 rings (SSSR count). The normalized spacial score (nSPS) is 14.7. The highest BCUT2D eigenvalue weighted by Gasteiger charge is 2.25. The van der Waals surface area contributed by atoms with Gasteiger partial charge >= 0.3 is 0 Å². The molecule has 0 aliphatic carbocycles. The van der Waals surface area contributed by atoms with E-state index in [2.05, 4.69) is 21.9 Å². The summed E-state index contributed by atoms with van der Waals surface area (Å²) in [6, 6.07) is 13.7. The van der Waals surface area contributed by atoms with E-state index in [1.165, 1.54) is 16.9 Å². The van der Waals surface area contributed by atoms with Gasteiger partial charge in [-0.3, -0.25) is 9.69 Å². The molecule has 6 heteroatoms. The van der Waals surface area contributed by atoms with Crippen LogP contribution in [0.25, 0.3) is 0 Å². The van der Waals surface area contributed by atoms with E-state index >= 15 is 0 Å². The number of piperazine rings is 1. The largest absolute Gasteiger partial charge is 0.459 e. The number of carbonyl (C=O) groups is 1. The minimum Gasteiger partial charge on any atom is -0.459 e. The molecule has 2 heterocycles. The van der Waals surface area contributed by atoms with E-state index < -0.39 is 0 Å². The minimum atomic E-state index is -0.217. The molecule has 0 saturated carbocycles. The van der Waals surface area contributed by atoms with Crippen LogP contribution < -0.4 is 4.90 Å². The summed E-state index contributed by atoms with van der Waals surface area (Å²) in [6.07, 6.45) is 1.49. The molecule has 120 valence electrons. The Morgan fingerprint density at radius 1 is 1.09 bits per heavy atom. The van der Waals surface area contributed by atoms with Crippen LogP contribution in [0.4, 0.5) is 5.69 Å². The summed E-state index contributed by atoms with van der Waals surface area (Å²) < 4.78 is 5.15. The number of nitrogens with zero attached hydrogens (tertiary/aromatic N) is 3. The Kier molecular flexibility index (Phi) is 4.62. The van der Waals surface area contributed by atoms with Gasteiger partial charge in [0, 0.05) is 38.9 Å². The number of hydrogen-bond donors (Lipinski definition) is 0. The van der Waals surface area contributed by atoms with Gasteiger partial charge in [-0.15, -0.1) is 0 Å². The SMILES string of the molecule is CN(C(=O)c1ccco1)C(=S)N1CCN(c2ccccc2)CC1. The quantitative estimate of drug-likeness (QED) is 0.792. The van der Waals surface area contributed by atoms with Crippen LogP contribution in [-0.2, 0) is 0 Å². The predicted octanol–water partition coefficient (Wildman–Crippen LogP) is 2.46. The van der Waals surface area contributed by atoms with Crippen molar-refractivity contribution in [1.82, 2.24) is 9.80 Å². The van der Waals surface area contributed by atoms with Crippen molar-refractivity contribution in [1.29, 1.82) is 0 Å². The molecule has 1 saturated heterocycles. The maximum atomic E-state index is 12.3. The molecule has 2 aromatic rings. The fraction of sp³-hybridized carbons (Fsp3) is 0.294. The number of anilines is 1. The summed E-state index contributed by atoms with van der Waals surface area (Å²) in [7, 11) is 1.69. The lowest BCUT2D eigenvalue weighted by atomic mass is 10.2. The number of amides is 1. The van der Waals surface area contributed by atoms with Gasteiger partial charge in [-0.2, -0.15) is 0 Å². The summed E-state index contributed by atoms with van der Waals surface area (Å²) in [5, 5.41) is 0.541. The van der Waals surface area contributed by atoms with Crippen molar-refractivity contribution in [3.8, 4) is 0 Å². The fourth-order valence-electron chi connectivity index (χ4n) is 2.66. The Hall–Kier alpha value is -2.34. The molecule has 1 aliphatic rings. The topological polar surface area (TPSA) is 39.9 Å². The Balaban J connectivity index is 1.59. The van der Waals surface area contributed by atoms with E-state index in [4.69, 9.17) is 16.6 Å². The Morgan fingerprint density at radius 2 is 1.78 bits per heavy atom. The summed E-state index contributed by atoms with van der Waals surface area (Å²) in [5.41, 5.74) is 1.22. The number of carbonyl (C=O) groups excluding carboxylic acids is 1. The van der Waals surface area contributed by atoms with Gasteiger partial charge in [-0.25, -0.2) is 0 Å². The van der Waals surface area contributed by atoms with Crippen molar-refractivity contribution in [3.05, 3.63) is 54.5 Å². The summed E-state index contributed by atoms with van der Waals surface area (Å²) in [6.45, 7) is 3.35. The lowest BCUT2D eigenvalue weighted by molar-refractivity contribution is 0.0829. The lowest BCUT2D eigenvalue weighted by Gasteiger charge is -2.38. The van der Waals surface area contributed by atoms with Crippen LogP contribution >= 0.6 is 12.2 Å². The number of benzene rings is 1. The van der Waals surface area contributed by atoms with E-state index in [0.29, 0.717) is 10.9 Å². The molecule has 0 bridgehead atoms. The van der Waals surface area contributed by atoms with Gasteiger partial charge in [0.25, 0.3) is 5.91 Å². The zero-order valence-electron chi connectivity index (χ0n) is 13.0. The molecule has 23 heavy (non-hydrogen) atoms. The first-order chi connectivity index (χ1) is 11.2. The Bertz CT molecular complexity index is 664. The van der Waals surface area contributed by atoms with Gasteiger partial charge in [-0.1, -0.05) is 18.2 Å². The van der Waals surface area contributed by atoms with Crippen LogP contribution in [0.2, 0.25) is 0 Å².